The van der Waals surface area contributed by atoms with Gasteiger partial charge in [0.15, 0.2) is 12.0 Å². The van der Waals surface area contributed by atoms with Gasteiger partial charge in [0.1, 0.15) is 11.5 Å². The van der Waals surface area contributed by atoms with Gasteiger partial charge in [0, 0.05) is 45.3 Å². The number of rotatable bonds is 8. The second kappa shape index (κ2) is 14.1. The van der Waals surface area contributed by atoms with Crippen molar-refractivity contribution in [2.45, 2.75) is 38.3 Å². The maximum Gasteiger partial charge on any atom is 0.178 e. The minimum absolute atomic E-state index is 0.154. The van der Waals surface area contributed by atoms with Crippen LogP contribution in [0.4, 0.5) is 0 Å². The van der Waals surface area contributed by atoms with Crippen molar-refractivity contribution in [2.24, 2.45) is 15.0 Å². The first-order valence-corrected chi connectivity index (χ1v) is 19.9. The first-order chi connectivity index (χ1) is 28.4. The molecule has 5 aromatic carbocycles. The summed E-state index contributed by atoms with van der Waals surface area (Å²) in [6.45, 7) is 12.6. The molecule has 1 unspecified atom stereocenters. The van der Waals surface area contributed by atoms with Gasteiger partial charge in [0.2, 0.25) is 0 Å². The van der Waals surface area contributed by atoms with Crippen LogP contribution in [0.3, 0.4) is 0 Å². The van der Waals surface area contributed by atoms with E-state index in [1.807, 2.05) is 18.2 Å². The maximum absolute atomic E-state index is 5.17. The van der Waals surface area contributed by atoms with Gasteiger partial charge < -0.3 is 9.88 Å². The van der Waals surface area contributed by atoms with Crippen molar-refractivity contribution in [3.8, 4) is 27.9 Å². The average molecular weight is 751 g/mol. The van der Waals surface area contributed by atoms with E-state index in [2.05, 4.69) is 168 Å². The van der Waals surface area contributed by atoms with Crippen LogP contribution < -0.4 is 5.32 Å². The molecular weight excluding hydrogens is 709 g/mol. The summed E-state index contributed by atoms with van der Waals surface area (Å²) in [5.41, 5.74) is 15.4. The summed E-state index contributed by atoms with van der Waals surface area (Å²) in [6, 6.07) is 43.7. The summed E-state index contributed by atoms with van der Waals surface area (Å²) in [4.78, 5) is 19.3. The Morgan fingerprint density at radius 2 is 1.55 bits per heavy atom. The van der Waals surface area contributed by atoms with Crippen molar-refractivity contribution < 1.29 is 0 Å². The number of aliphatic imine (C=N–C) groups is 3. The standard InChI is InChI=1S/C52H42N6/c1-5-44(53-6-2)50-55-49(56-51(57-50)45-26-17-18-28-54-45)35-29-38(33-19-9-7-10-20-33)48(39(30-35)34-21-11-8-12-22-34)58-46-27-16-14-24-37(46)41-31-40-36-23-13-15-25-42(36)52(3,4)43(40)32-47(41)58/h5-7,9-11,13-32,50H,1-2,8,12H2,3-4H3,(H,55,56,57). The lowest BCUT2D eigenvalue weighted by Crippen LogP contribution is -2.43. The topological polar surface area (TPSA) is 66.9 Å². The minimum atomic E-state index is -0.552. The van der Waals surface area contributed by atoms with Crippen LogP contribution in [-0.2, 0) is 5.41 Å². The molecule has 58 heavy (non-hydrogen) atoms. The number of nitrogens with zero attached hydrogens (tertiary/aromatic N) is 5. The number of hydrogen-bond acceptors (Lipinski definition) is 5. The third kappa shape index (κ3) is 5.71. The van der Waals surface area contributed by atoms with E-state index in [0.29, 0.717) is 23.1 Å². The number of hydrogen-bond donors (Lipinski definition) is 1. The molecule has 6 nitrogen and oxygen atoms in total. The fourth-order valence-electron chi connectivity index (χ4n) is 8.98. The Labute approximate surface area is 338 Å². The lowest BCUT2D eigenvalue weighted by atomic mass is 9.82. The summed E-state index contributed by atoms with van der Waals surface area (Å²) in [5, 5.41) is 6.07. The quantitative estimate of drug-likeness (QED) is 0.157. The largest absolute Gasteiger partial charge is 0.343 e. The van der Waals surface area contributed by atoms with Gasteiger partial charge in [-0.05, 0) is 94.8 Å². The lowest BCUT2D eigenvalue weighted by Gasteiger charge is -2.26. The third-order valence-corrected chi connectivity index (χ3v) is 11.7. The van der Waals surface area contributed by atoms with Crippen LogP contribution in [0.2, 0.25) is 0 Å². The SMILES string of the molecule is C=CN=C(C=C)C1N=C(c2ccccn2)N=C(c2cc(C3=CCCC=C3)c(-n3c4ccccc4c4cc5c(cc43)C(C)(C)c3ccccc3-5)c(-c3ccccc3)c2)N1. The van der Waals surface area contributed by atoms with Crippen LogP contribution >= 0.6 is 0 Å². The molecule has 6 heteroatoms. The number of nitrogens with one attached hydrogen (secondary N) is 1. The van der Waals surface area contributed by atoms with Gasteiger partial charge in [0.05, 0.1) is 22.4 Å². The highest BCUT2D eigenvalue weighted by Gasteiger charge is 2.36. The number of fused-ring (bicyclic) bond motifs is 6. The van der Waals surface area contributed by atoms with E-state index < -0.39 is 6.17 Å². The molecule has 1 atom stereocenters. The second-order valence-corrected chi connectivity index (χ2v) is 15.5. The van der Waals surface area contributed by atoms with Crippen LogP contribution in [-0.4, -0.2) is 33.1 Å². The van der Waals surface area contributed by atoms with Gasteiger partial charge >= 0.3 is 0 Å². The lowest BCUT2D eigenvalue weighted by molar-refractivity contribution is 0.661. The Bertz CT molecular complexity index is 2970. The smallest absolute Gasteiger partial charge is 0.178 e. The van der Waals surface area contributed by atoms with E-state index in [1.54, 1.807) is 12.3 Å². The van der Waals surface area contributed by atoms with Gasteiger partial charge in [-0.1, -0.05) is 124 Å². The molecule has 3 aliphatic rings. The molecule has 2 aromatic heterocycles. The van der Waals surface area contributed by atoms with Crippen LogP contribution in [0.5, 0.6) is 0 Å². The zero-order valence-electron chi connectivity index (χ0n) is 32.7. The zero-order valence-corrected chi connectivity index (χ0v) is 32.7. The van der Waals surface area contributed by atoms with Crippen molar-refractivity contribution in [3.05, 3.63) is 199 Å². The number of pyridine rings is 1. The molecule has 2 aliphatic carbocycles. The first-order valence-electron chi connectivity index (χ1n) is 19.9. The minimum Gasteiger partial charge on any atom is -0.343 e. The fourth-order valence-corrected chi connectivity index (χ4v) is 8.98. The van der Waals surface area contributed by atoms with E-state index in [-0.39, 0.29) is 5.41 Å². The monoisotopic (exact) mass is 750 g/mol. The summed E-state index contributed by atoms with van der Waals surface area (Å²) in [5.74, 6) is 1.19. The molecule has 1 N–H and O–H groups in total. The van der Waals surface area contributed by atoms with E-state index in [9.17, 15) is 0 Å². The molecule has 0 amide bonds. The van der Waals surface area contributed by atoms with Crippen LogP contribution in [0, 0.1) is 0 Å². The van der Waals surface area contributed by atoms with Crippen molar-refractivity contribution in [2.75, 3.05) is 0 Å². The molecule has 0 fully saturated rings. The van der Waals surface area contributed by atoms with Crippen LogP contribution in [0.15, 0.2) is 186 Å². The molecule has 7 aromatic rings. The Kier molecular flexibility index (Phi) is 8.56. The van der Waals surface area contributed by atoms with E-state index in [0.717, 1.165) is 46.3 Å². The fraction of sp³-hybridized carbons (Fsp3) is 0.115. The van der Waals surface area contributed by atoms with Crippen molar-refractivity contribution in [1.29, 1.82) is 0 Å². The van der Waals surface area contributed by atoms with Gasteiger partial charge in [-0.25, -0.2) is 9.98 Å². The molecular formula is C52H42N6. The number of para-hydroxylation sites is 1. The van der Waals surface area contributed by atoms with Crippen molar-refractivity contribution in [1.82, 2.24) is 14.9 Å². The van der Waals surface area contributed by atoms with Crippen LogP contribution in [0.1, 0.15) is 54.6 Å². The third-order valence-electron chi connectivity index (χ3n) is 11.7. The number of aromatic nitrogens is 2. The second-order valence-electron chi connectivity index (χ2n) is 15.5. The van der Waals surface area contributed by atoms with Crippen LogP contribution in [0.25, 0.3) is 55.3 Å². The molecule has 3 heterocycles. The first kappa shape index (κ1) is 35.2. The Hall–Kier alpha value is -7.18. The highest BCUT2D eigenvalue weighted by atomic mass is 15.2. The van der Waals surface area contributed by atoms with Gasteiger partial charge in [0.25, 0.3) is 0 Å². The summed E-state index contributed by atoms with van der Waals surface area (Å²) >= 11 is 0. The van der Waals surface area contributed by atoms with Gasteiger partial charge in [-0.2, -0.15) is 0 Å². The highest BCUT2D eigenvalue weighted by molar-refractivity contribution is 6.17. The molecule has 1 aliphatic heterocycles. The number of amidine groups is 2. The van der Waals surface area contributed by atoms with E-state index in [1.165, 1.54) is 50.3 Å². The Morgan fingerprint density at radius 1 is 0.759 bits per heavy atom. The molecule has 0 radical (unpaired) electrons. The molecule has 280 valence electrons. The normalized spacial score (nSPS) is 16.9. The molecule has 0 spiro atoms. The molecule has 0 bridgehead atoms. The predicted molar refractivity (Wildman–Crippen MR) is 242 cm³/mol. The van der Waals surface area contributed by atoms with Crippen molar-refractivity contribution in [3.63, 3.8) is 0 Å². The van der Waals surface area contributed by atoms with Crippen molar-refractivity contribution >= 4 is 44.8 Å². The number of allylic oxidation sites excluding steroid dienone is 4. The highest BCUT2D eigenvalue weighted by Crippen LogP contribution is 2.51. The zero-order chi connectivity index (χ0) is 39.4. The molecule has 10 rings (SSSR count). The summed E-state index contributed by atoms with van der Waals surface area (Å²) in [6.07, 6.45) is 13.3. The van der Waals surface area contributed by atoms with E-state index in [4.69, 9.17) is 9.98 Å². The summed E-state index contributed by atoms with van der Waals surface area (Å²) in [7, 11) is 0. The predicted octanol–water partition coefficient (Wildman–Crippen LogP) is 11.8. The molecule has 0 saturated carbocycles. The number of benzene rings is 5. The molecule has 0 saturated heterocycles. The Morgan fingerprint density at radius 3 is 2.34 bits per heavy atom. The average Bonchev–Trinajstić information content (AvgIpc) is 3.72. The van der Waals surface area contributed by atoms with E-state index >= 15 is 0 Å². The Balaban J connectivity index is 1.29. The summed E-state index contributed by atoms with van der Waals surface area (Å²) < 4.78 is 2.51. The van der Waals surface area contributed by atoms with Gasteiger partial charge in [-0.15, -0.1) is 0 Å². The maximum atomic E-state index is 5.17. The van der Waals surface area contributed by atoms with Gasteiger partial charge in [-0.3, -0.25) is 9.98 Å².